The predicted molar refractivity (Wildman–Crippen MR) is 114 cm³/mol. The van der Waals surface area contributed by atoms with E-state index in [1.54, 1.807) is 6.92 Å². The lowest BCUT2D eigenvalue weighted by atomic mass is 9.90. The van der Waals surface area contributed by atoms with Crippen molar-refractivity contribution in [2.75, 3.05) is 6.54 Å². The third-order valence-corrected chi connectivity index (χ3v) is 5.56. The van der Waals surface area contributed by atoms with Crippen LogP contribution in [0.5, 0.6) is 0 Å². The molecule has 2 N–H and O–H groups in total. The van der Waals surface area contributed by atoms with E-state index in [0.29, 0.717) is 17.4 Å². The molecule has 0 radical (unpaired) electrons. The molecule has 6 nitrogen and oxygen atoms in total. The molecule has 2 atom stereocenters. The second-order valence-electron chi connectivity index (χ2n) is 9.02. The first kappa shape index (κ1) is 22.9. The van der Waals surface area contributed by atoms with Gasteiger partial charge >= 0.3 is 6.03 Å². The number of urea groups is 1. The molecule has 1 heterocycles. The van der Waals surface area contributed by atoms with Crippen molar-refractivity contribution in [1.29, 1.82) is 0 Å². The summed E-state index contributed by atoms with van der Waals surface area (Å²) >= 11 is 0. The highest BCUT2D eigenvalue weighted by Crippen LogP contribution is 2.29. The van der Waals surface area contributed by atoms with Gasteiger partial charge in [-0.2, -0.15) is 0 Å². The van der Waals surface area contributed by atoms with E-state index in [2.05, 4.69) is 38.3 Å². The number of benzene rings is 1. The minimum atomic E-state index is -1.16. The van der Waals surface area contributed by atoms with E-state index in [1.165, 1.54) is 0 Å². The first-order valence-corrected chi connectivity index (χ1v) is 10.6. The maximum atomic E-state index is 13.0. The summed E-state index contributed by atoms with van der Waals surface area (Å²) in [5.41, 5.74) is 0.720. The van der Waals surface area contributed by atoms with Crippen molar-refractivity contribution >= 4 is 17.8 Å². The zero-order chi connectivity index (χ0) is 21.8. The third-order valence-electron chi connectivity index (χ3n) is 5.56. The van der Waals surface area contributed by atoms with Gasteiger partial charge in [-0.15, -0.1) is 0 Å². The van der Waals surface area contributed by atoms with Crippen LogP contribution in [0, 0.1) is 5.92 Å². The van der Waals surface area contributed by atoms with Gasteiger partial charge in [0.15, 0.2) is 0 Å². The van der Waals surface area contributed by atoms with Crippen molar-refractivity contribution < 1.29 is 14.4 Å². The van der Waals surface area contributed by atoms with E-state index in [9.17, 15) is 14.4 Å². The molecule has 1 aliphatic rings. The quantitative estimate of drug-likeness (QED) is 0.616. The molecule has 0 unspecified atom stereocenters. The Bertz CT molecular complexity index is 742. The Balaban J connectivity index is 1.99. The monoisotopic (exact) mass is 401 g/mol. The van der Waals surface area contributed by atoms with Crippen molar-refractivity contribution in [2.45, 2.75) is 78.3 Å². The Morgan fingerprint density at radius 1 is 1.07 bits per heavy atom. The standard InChI is InChI=1S/C23H35N3O3/c1-15(2)8-7-9-17(5)24-20(27)14-26-21(28)23(6,25-22(26)29)19-12-10-18(11-13-19)16(3)4/h10-13,15-17H,7-9,14H2,1-6H3,(H,24,27)(H,25,29)/t17-,23-/m0/s1. The molecule has 0 saturated carbocycles. The van der Waals surface area contributed by atoms with Gasteiger partial charge in [-0.25, -0.2) is 4.79 Å². The van der Waals surface area contributed by atoms with Crippen LogP contribution in [0.1, 0.15) is 77.8 Å². The van der Waals surface area contributed by atoms with Crippen LogP contribution >= 0.6 is 0 Å². The number of carbonyl (C=O) groups excluding carboxylic acids is 3. The molecule has 160 valence electrons. The summed E-state index contributed by atoms with van der Waals surface area (Å²) in [5, 5.41) is 5.65. The van der Waals surface area contributed by atoms with E-state index in [-0.39, 0.29) is 18.5 Å². The number of nitrogens with one attached hydrogen (secondary N) is 2. The van der Waals surface area contributed by atoms with E-state index in [0.717, 1.165) is 29.7 Å². The van der Waals surface area contributed by atoms with Crippen molar-refractivity contribution in [3.05, 3.63) is 35.4 Å². The van der Waals surface area contributed by atoms with Gasteiger partial charge in [-0.05, 0) is 43.2 Å². The van der Waals surface area contributed by atoms with Crippen LogP contribution in [0.15, 0.2) is 24.3 Å². The first-order valence-electron chi connectivity index (χ1n) is 10.6. The lowest BCUT2D eigenvalue weighted by molar-refractivity contribution is -0.135. The van der Waals surface area contributed by atoms with Gasteiger partial charge in [-0.1, -0.05) is 64.8 Å². The maximum absolute atomic E-state index is 13.0. The molecule has 29 heavy (non-hydrogen) atoms. The maximum Gasteiger partial charge on any atom is 0.325 e. The van der Waals surface area contributed by atoms with Crippen molar-refractivity contribution in [3.63, 3.8) is 0 Å². The number of hydrogen-bond donors (Lipinski definition) is 2. The number of hydrogen-bond acceptors (Lipinski definition) is 3. The molecule has 0 aromatic heterocycles. The molecule has 0 aliphatic carbocycles. The molecule has 0 bridgehead atoms. The summed E-state index contributed by atoms with van der Waals surface area (Å²) in [6.07, 6.45) is 3.03. The zero-order valence-corrected chi connectivity index (χ0v) is 18.5. The number of carbonyl (C=O) groups is 3. The van der Waals surface area contributed by atoms with Crippen LogP contribution in [-0.2, 0) is 15.1 Å². The Morgan fingerprint density at radius 2 is 1.69 bits per heavy atom. The summed E-state index contributed by atoms with van der Waals surface area (Å²) in [6, 6.07) is 7.16. The molecular formula is C23H35N3O3. The van der Waals surface area contributed by atoms with Gasteiger partial charge < -0.3 is 10.6 Å². The molecule has 1 fully saturated rings. The lowest BCUT2D eigenvalue weighted by Gasteiger charge is -2.23. The molecule has 4 amide bonds. The van der Waals surface area contributed by atoms with Crippen LogP contribution in [0.25, 0.3) is 0 Å². The minimum Gasteiger partial charge on any atom is -0.352 e. The van der Waals surface area contributed by atoms with E-state index < -0.39 is 17.5 Å². The molecule has 0 spiro atoms. The minimum absolute atomic E-state index is 0.0111. The van der Waals surface area contributed by atoms with Crippen molar-refractivity contribution in [1.82, 2.24) is 15.5 Å². The summed E-state index contributed by atoms with van der Waals surface area (Å²) in [5.74, 6) is 0.303. The molecule has 1 saturated heterocycles. The second-order valence-corrected chi connectivity index (χ2v) is 9.02. The first-order chi connectivity index (χ1) is 13.5. The van der Waals surface area contributed by atoms with E-state index in [1.807, 2.05) is 31.2 Å². The summed E-state index contributed by atoms with van der Waals surface area (Å²) in [6.45, 7) is 11.9. The van der Waals surface area contributed by atoms with E-state index in [4.69, 9.17) is 0 Å². The number of imide groups is 1. The van der Waals surface area contributed by atoms with Gasteiger partial charge in [0.05, 0.1) is 0 Å². The Labute approximate surface area is 174 Å². The SMILES string of the molecule is CC(C)CCC[C@H](C)NC(=O)CN1C(=O)N[C@@](C)(c2ccc(C(C)C)cc2)C1=O. The highest BCUT2D eigenvalue weighted by Gasteiger charge is 2.49. The van der Waals surface area contributed by atoms with Gasteiger partial charge in [-0.3, -0.25) is 14.5 Å². The lowest BCUT2D eigenvalue weighted by Crippen LogP contribution is -2.45. The highest BCUT2D eigenvalue weighted by atomic mass is 16.2. The van der Waals surface area contributed by atoms with Gasteiger partial charge in [0.1, 0.15) is 12.1 Å². The van der Waals surface area contributed by atoms with Gasteiger partial charge in [0, 0.05) is 6.04 Å². The average molecular weight is 402 g/mol. The fourth-order valence-corrected chi connectivity index (χ4v) is 3.61. The van der Waals surface area contributed by atoms with Crippen LogP contribution in [0.4, 0.5) is 4.79 Å². The third kappa shape index (κ3) is 5.58. The van der Waals surface area contributed by atoms with Crippen LogP contribution in [-0.4, -0.2) is 35.3 Å². The normalized spacial score (nSPS) is 20.3. The predicted octanol–water partition coefficient (Wildman–Crippen LogP) is 3.91. The number of nitrogens with zero attached hydrogens (tertiary/aromatic N) is 1. The molecule has 1 aromatic rings. The number of amides is 4. The van der Waals surface area contributed by atoms with Gasteiger partial charge in [0.25, 0.3) is 5.91 Å². The Kier molecular flexibility index (Phi) is 7.44. The van der Waals surface area contributed by atoms with Crippen LogP contribution in [0.3, 0.4) is 0 Å². The average Bonchev–Trinajstić information content (AvgIpc) is 2.85. The second kappa shape index (κ2) is 9.42. The summed E-state index contributed by atoms with van der Waals surface area (Å²) in [7, 11) is 0. The molecule has 1 aliphatic heterocycles. The topological polar surface area (TPSA) is 78.5 Å². The molecule has 2 rings (SSSR count). The van der Waals surface area contributed by atoms with Crippen LogP contribution < -0.4 is 10.6 Å². The van der Waals surface area contributed by atoms with E-state index >= 15 is 0 Å². The molecule has 1 aromatic carbocycles. The van der Waals surface area contributed by atoms with Crippen molar-refractivity contribution in [2.24, 2.45) is 5.92 Å². The fourth-order valence-electron chi connectivity index (χ4n) is 3.61. The van der Waals surface area contributed by atoms with Crippen LogP contribution in [0.2, 0.25) is 0 Å². The number of rotatable bonds is 9. The summed E-state index contributed by atoms with van der Waals surface area (Å²) < 4.78 is 0. The van der Waals surface area contributed by atoms with Crippen molar-refractivity contribution in [3.8, 4) is 0 Å². The fraction of sp³-hybridized carbons (Fsp3) is 0.609. The highest BCUT2D eigenvalue weighted by molar-refractivity contribution is 6.09. The largest absolute Gasteiger partial charge is 0.352 e. The Morgan fingerprint density at radius 3 is 2.24 bits per heavy atom. The smallest absolute Gasteiger partial charge is 0.325 e. The zero-order valence-electron chi connectivity index (χ0n) is 18.5. The molecular weight excluding hydrogens is 366 g/mol. The molecule has 6 heteroatoms. The summed E-state index contributed by atoms with van der Waals surface area (Å²) in [4.78, 5) is 38.8. The van der Waals surface area contributed by atoms with Gasteiger partial charge in [0.2, 0.25) is 5.91 Å². The Hall–Kier alpha value is -2.37.